The highest BCUT2D eigenvalue weighted by Crippen LogP contribution is 2.51. The van der Waals surface area contributed by atoms with Crippen molar-refractivity contribution < 1.29 is 19.8 Å². The molecule has 1 saturated carbocycles. The summed E-state index contributed by atoms with van der Waals surface area (Å²) in [5.74, 6) is -0.821. The lowest BCUT2D eigenvalue weighted by atomic mass is 9.92. The number of nitrogens with one attached hydrogen (secondary N) is 2. The van der Waals surface area contributed by atoms with E-state index in [4.69, 9.17) is 10.2 Å². The van der Waals surface area contributed by atoms with Crippen LogP contribution in [0.4, 0.5) is 4.79 Å². The first-order valence-electron chi connectivity index (χ1n) is 5.80. The highest BCUT2D eigenvalue weighted by Gasteiger charge is 2.45. The third-order valence-corrected chi connectivity index (χ3v) is 3.46. The summed E-state index contributed by atoms with van der Waals surface area (Å²) in [7, 11) is 0. The molecular formula is C11H20N2O4. The first kappa shape index (κ1) is 13.8. The first-order chi connectivity index (χ1) is 7.87. The Kier molecular flexibility index (Phi) is 4.34. The molecule has 0 aromatic heterocycles. The largest absolute Gasteiger partial charge is 0.479 e. The molecule has 2 amide bonds. The average Bonchev–Trinajstić information content (AvgIpc) is 3.03. The summed E-state index contributed by atoms with van der Waals surface area (Å²) in [6.07, 6.45) is 0.673. The summed E-state index contributed by atoms with van der Waals surface area (Å²) < 4.78 is 0. The Bertz CT molecular complexity index is 300. The smallest absolute Gasteiger partial charge is 0.334 e. The molecule has 6 heteroatoms. The van der Waals surface area contributed by atoms with E-state index in [0.29, 0.717) is 12.5 Å². The van der Waals surface area contributed by atoms with Crippen LogP contribution in [-0.4, -0.2) is 41.4 Å². The van der Waals surface area contributed by atoms with Crippen molar-refractivity contribution in [2.75, 3.05) is 13.1 Å². The molecule has 17 heavy (non-hydrogen) atoms. The van der Waals surface area contributed by atoms with Gasteiger partial charge in [0.05, 0.1) is 6.54 Å². The Labute approximate surface area is 100 Å². The van der Waals surface area contributed by atoms with Gasteiger partial charge in [0.1, 0.15) is 0 Å². The highest BCUT2D eigenvalue weighted by atomic mass is 16.4. The molecule has 1 aliphatic rings. The van der Waals surface area contributed by atoms with Crippen LogP contribution in [0, 0.1) is 11.3 Å². The van der Waals surface area contributed by atoms with E-state index in [-0.39, 0.29) is 12.0 Å². The summed E-state index contributed by atoms with van der Waals surface area (Å²) in [6.45, 7) is 4.57. The Morgan fingerprint density at radius 3 is 2.29 bits per heavy atom. The van der Waals surface area contributed by atoms with Gasteiger partial charge in [-0.05, 0) is 24.2 Å². The minimum absolute atomic E-state index is 0.211. The van der Waals surface area contributed by atoms with E-state index < -0.39 is 18.1 Å². The highest BCUT2D eigenvalue weighted by molar-refractivity contribution is 5.76. The molecule has 0 bridgehead atoms. The molecule has 0 aliphatic heterocycles. The fourth-order valence-corrected chi connectivity index (χ4v) is 1.71. The van der Waals surface area contributed by atoms with Gasteiger partial charge in [0, 0.05) is 6.54 Å². The average molecular weight is 244 g/mol. The van der Waals surface area contributed by atoms with Crippen LogP contribution >= 0.6 is 0 Å². The molecule has 98 valence electrons. The predicted molar refractivity (Wildman–Crippen MR) is 61.5 cm³/mol. The maximum atomic E-state index is 11.3. The molecule has 1 fully saturated rings. The van der Waals surface area contributed by atoms with Gasteiger partial charge >= 0.3 is 12.0 Å². The molecule has 0 spiro atoms. The molecule has 0 aromatic rings. The Balaban J connectivity index is 2.20. The van der Waals surface area contributed by atoms with Crippen molar-refractivity contribution in [1.82, 2.24) is 10.6 Å². The minimum Gasteiger partial charge on any atom is -0.479 e. The molecule has 0 saturated heterocycles. The second-order valence-electron chi connectivity index (χ2n) is 4.93. The Morgan fingerprint density at radius 2 is 1.88 bits per heavy atom. The third kappa shape index (κ3) is 3.89. The Hall–Kier alpha value is -1.30. The molecular weight excluding hydrogens is 224 g/mol. The zero-order chi connectivity index (χ0) is 13.1. The zero-order valence-electron chi connectivity index (χ0n) is 10.2. The normalized spacial score (nSPS) is 18.6. The van der Waals surface area contributed by atoms with Crippen LogP contribution < -0.4 is 10.6 Å². The summed E-state index contributed by atoms with van der Waals surface area (Å²) in [5, 5.41) is 22.4. The number of rotatable bonds is 6. The van der Waals surface area contributed by atoms with Gasteiger partial charge in [0.25, 0.3) is 0 Å². The third-order valence-electron chi connectivity index (χ3n) is 3.46. The number of aliphatic hydroxyl groups excluding tert-OH is 1. The van der Waals surface area contributed by atoms with E-state index in [1.54, 1.807) is 0 Å². The summed E-state index contributed by atoms with van der Waals surface area (Å²) in [4.78, 5) is 21.6. The summed E-state index contributed by atoms with van der Waals surface area (Å²) in [6, 6.07) is -0.433. The number of carboxylic acids is 1. The van der Waals surface area contributed by atoms with Gasteiger partial charge in [-0.1, -0.05) is 13.8 Å². The second kappa shape index (κ2) is 5.35. The van der Waals surface area contributed by atoms with Gasteiger partial charge in [-0.15, -0.1) is 0 Å². The van der Waals surface area contributed by atoms with Crippen LogP contribution in [0.3, 0.4) is 0 Å². The van der Waals surface area contributed by atoms with E-state index in [1.165, 1.54) is 0 Å². The lowest BCUT2D eigenvalue weighted by Gasteiger charge is -2.20. The molecule has 0 unspecified atom stereocenters. The van der Waals surface area contributed by atoms with E-state index in [0.717, 1.165) is 12.8 Å². The van der Waals surface area contributed by atoms with Gasteiger partial charge in [-0.2, -0.15) is 0 Å². The van der Waals surface area contributed by atoms with E-state index in [9.17, 15) is 9.59 Å². The maximum absolute atomic E-state index is 11.3. The second-order valence-corrected chi connectivity index (χ2v) is 4.93. The number of hydrogen-bond donors (Lipinski definition) is 4. The van der Waals surface area contributed by atoms with Gasteiger partial charge in [0.2, 0.25) is 0 Å². The van der Waals surface area contributed by atoms with Crippen molar-refractivity contribution in [1.29, 1.82) is 0 Å². The number of urea groups is 1. The fraction of sp³-hybridized carbons (Fsp3) is 0.818. The van der Waals surface area contributed by atoms with Crippen LogP contribution in [0.2, 0.25) is 0 Å². The van der Waals surface area contributed by atoms with Crippen LogP contribution in [0.25, 0.3) is 0 Å². The van der Waals surface area contributed by atoms with Crippen molar-refractivity contribution >= 4 is 12.0 Å². The number of aliphatic hydroxyl groups is 1. The Morgan fingerprint density at radius 1 is 1.29 bits per heavy atom. The number of amides is 2. The number of aliphatic carboxylic acids is 1. The molecule has 1 aliphatic carbocycles. The first-order valence-corrected chi connectivity index (χ1v) is 5.80. The van der Waals surface area contributed by atoms with Crippen molar-refractivity contribution in [3.05, 3.63) is 0 Å². The van der Waals surface area contributed by atoms with Crippen LogP contribution in [-0.2, 0) is 4.79 Å². The fourth-order valence-electron chi connectivity index (χ4n) is 1.71. The standard InChI is InChI=1S/C11H20N2O4/c1-7(2)11(3-4-11)6-13-10(17)12-5-8(14)9(15)16/h7-8,14H,3-6H2,1-2H3,(H,15,16)(H2,12,13,17)/t8-/m0/s1. The number of carbonyl (C=O) groups excluding carboxylic acids is 1. The summed E-state index contributed by atoms with van der Waals surface area (Å²) >= 11 is 0. The van der Waals surface area contributed by atoms with Crippen LogP contribution in [0.15, 0.2) is 0 Å². The SMILES string of the molecule is CC(C)C1(CNC(=O)NC[C@H](O)C(=O)O)CC1. The van der Waals surface area contributed by atoms with Crippen LogP contribution in [0.5, 0.6) is 0 Å². The number of hydrogen-bond acceptors (Lipinski definition) is 3. The van der Waals surface area contributed by atoms with Gasteiger partial charge < -0.3 is 20.8 Å². The molecule has 4 N–H and O–H groups in total. The van der Waals surface area contributed by atoms with E-state index in [2.05, 4.69) is 24.5 Å². The topological polar surface area (TPSA) is 98.7 Å². The lowest BCUT2D eigenvalue weighted by Crippen LogP contribution is -2.44. The molecule has 0 aromatic carbocycles. The van der Waals surface area contributed by atoms with E-state index in [1.807, 2.05) is 0 Å². The quantitative estimate of drug-likeness (QED) is 0.535. The molecule has 0 radical (unpaired) electrons. The maximum Gasteiger partial charge on any atom is 0.334 e. The predicted octanol–water partition coefficient (Wildman–Crippen LogP) is 0.167. The number of carboxylic acid groups (broad SMARTS) is 1. The summed E-state index contributed by atoms with van der Waals surface area (Å²) in [5.41, 5.74) is 0.211. The van der Waals surface area contributed by atoms with Crippen LogP contribution in [0.1, 0.15) is 26.7 Å². The van der Waals surface area contributed by atoms with Gasteiger partial charge in [-0.3, -0.25) is 0 Å². The lowest BCUT2D eigenvalue weighted by molar-refractivity contribution is -0.146. The van der Waals surface area contributed by atoms with Crippen molar-refractivity contribution in [2.45, 2.75) is 32.8 Å². The molecule has 6 nitrogen and oxygen atoms in total. The zero-order valence-corrected chi connectivity index (χ0v) is 10.2. The monoisotopic (exact) mass is 244 g/mol. The molecule has 0 heterocycles. The van der Waals surface area contributed by atoms with Crippen molar-refractivity contribution in [2.24, 2.45) is 11.3 Å². The minimum atomic E-state index is -1.55. The van der Waals surface area contributed by atoms with Gasteiger partial charge in [-0.25, -0.2) is 9.59 Å². The van der Waals surface area contributed by atoms with Gasteiger partial charge in [0.15, 0.2) is 6.10 Å². The molecule has 1 rings (SSSR count). The van der Waals surface area contributed by atoms with Crippen molar-refractivity contribution in [3.8, 4) is 0 Å². The van der Waals surface area contributed by atoms with Crippen molar-refractivity contribution in [3.63, 3.8) is 0 Å². The molecule has 1 atom stereocenters. The van der Waals surface area contributed by atoms with E-state index >= 15 is 0 Å². The number of carbonyl (C=O) groups is 2.